The van der Waals surface area contributed by atoms with Crippen LogP contribution in [0.1, 0.15) is 0 Å². The minimum absolute atomic E-state index is 0.606. The molecule has 0 fully saturated rings. The Hall–Kier alpha value is -0.450. The zero-order valence-electron chi connectivity index (χ0n) is 6.37. The lowest BCUT2D eigenvalue weighted by Crippen LogP contribution is -1.83. The second-order valence-electron chi connectivity index (χ2n) is 2.36. The summed E-state index contributed by atoms with van der Waals surface area (Å²) in [6.45, 7) is 0. The fourth-order valence-corrected chi connectivity index (χ4v) is 2.40. The van der Waals surface area contributed by atoms with Crippen LogP contribution in [0.15, 0.2) is 28.2 Å². The first-order chi connectivity index (χ1) is 6.25. The Morgan fingerprint density at radius 2 is 2.23 bits per heavy atom. The Bertz CT molecular complexity index is 430. The Kier molecular flexibility index (Phi) is 2.62. The zero-order valence-corrected chi connectivity index (χ0v) is 9.53. The fraction of sp³-hybridized carbons (Fsp3) is 0. The molecule has 0 N–H and O–H groups in total. The van der Waals surface area contributed by atoms with E-state index in [1.165, 1.54) is 6.20 Å². The third-order valence-corrected chi connectivity index (χ3v) is 3.30. The highest BCUT2D eigenvalue weighted by atomic mass is 79.9. The lowest BCUT2D eigenvalue weighted by molar-refractivity contribution is 1.04. The van der Waals surface area contributed by atoms with E-state index in [0.717, 1.165) is 14.4 Å². The van der Waals surface area contributed by atoms with Crippen LogP contribution in [0.4, 0.5) is 0 Å². The highest BCUT2D eigenvalue weighted by Crippen LogP contribution is 2.30. The highest BCUT2D eigenvalue weighted by Gasteiger charge is 2.03. The highest BCUT2D eigenvalue weighted by molar-refractivity contribution is 9.11. The molecule has 2 aromatic heterocycles. The summed E-state index contributed by atoms with van der Waals surface area (Å²) >= 11 is 10.8. The smallest absolute Gasteiger partial charge is 0.104 e. The second kappa shape index (κ2) is 3.74. The number of rotatable bonds is 1. The van der Waals surface area contributed by atoms with Crippen LogP contribution in [0.5, 0.6) is 0 Å². The van der Waals surface area contributed by atoms with E-state index in [1.54, 1.807) is 17.4 Å². The quantitative estimate of drug-likeness (QED) is 0.794. The molecule has 0 saturated carbocycles. The third kappa shape index (κ3) is 2.07. The van der Waals surface area contributed by atoms with Gasteiger partial charge < -0.3 is 0 Å². The maximum Gasteiger partial charge on any atom is 0.104 e. The van der Waals surface area contributed by atoms with Gasteiger partial charge in [-0.3, -0.25) is 0 Å². The van der Waals surface area contributed by atoms with Crippen molar-refractivity contribution < 1.29 is 0 Å². The average Bonchev–Trinajstić information content (AvgIpc) is 2.52. The predicted molar refractivity (Wildman–Crippen MR) is 58.1 cm³/mol. The van der Waals surface area contributed by atoms with Gasteiger partial charge in [0.05, 0.1) is 19.9 Å². The summed E-state index contributed by atoms with van der Waals surface area (Å²) in [7, 11) is 0. The maximum atomic E-state index is 5.79. The number of aromatic nitrogens is 2. The molecule has 13 heavy (non-hydrogen) atoms. The maximum absolute atomic E-state index is 5.79. The van der Waals surface area contributed by atoms with E-state index in [2.05, 4.69) is 26.1 Å². The van der Waals surface area contributed by atoms with Crippen molar-refractivity contribution in [3.63, 3.8) is 0 Å². The van der Waals surface area contributed by atoms with Gasteiger partial charge in [0.1, 0.15) is 5.69 Å². The molecule has 0 unspecified atom stereocenters. The number of hydrogen-bond acceptors (Lipinski definition) is 3. The molecule has 0 aromatic carbocycles. The first-order valence-electron chi connectivity index (χ1n) is 3.49. The Morgan fingerprint density at radius 3 is 2.85 bits per heavy atom. The molecule has 0 aliphatic carbocycles. The molecule has 0 spiro atoms. The molecule has 0 atom stereocenters. The van der Waals surface area contributed by atoms with E-state index in [1.807, 2.05) is 12.1 Å². The van der Waals surface area contributed by atoms with Crippen molar-refractivity contribution in [3.05, 3.63) is 33.2 Å². The standard InChI is InChI=1S/C8H4BrClN2S/c9-8-2-1-7(13-8)6-3-5(10)4-11-12-6/h1-4H. The summed E-state index contributed by atoms with van der Waals surface area (Å²) in [5, 5.41) is 8.36. The van der Waals surface area contributed by atoms with Crippen molar-refractivity contribution in [3.8, 4) is 10.6 Å². The van der Waals surface area contributed by atoms with Crippen molar-refractivity contribution in [2.24, 2.45) is 0 Å². The van der Waals surface area contributed by atoms with Crippen molar-refractivity contribution in [1.82, 2.24) is 10.2 Å². The van der Waals surface area contributed by atoms with Gasteiger partial charge in [-0.25, -0.2) is 0 Å². The largest absolute Gasteiger partial charge is 0.157 e. The van der Waals surface area contributed by atoms with Crippen LogP contribution >= 0.6 is 38.9 Å². The first-order valence-corrected chi connectivity index (χ1v) is 5.48. The molecule has 2 nitrogen and oxygen atoms in total. The lowest BCUT2D eigenvalue weighted by atomic mass is 10.3. The molecule has 2 rings (SSSR count). The van der Waals surface area contributed by atoms with Crippen LogP contribution in [0.3, 0.4) is 0 Å². The molecule has 0 bridgehead atoms. The molecule has 0 aliphatic rings. The summed E-state index contributed by atoms with van der Waals surface area (Å²) in [5.41, 5.74) is 0.809. The number of nitrogens with zero attached hydrogens (tertiary/aromatic N) is 2. The third-order valence-electron chi connectivity index (χ3n) is 1.45. The SMILES string of the molecule is Clc1cnnc(-c2ccc(Br)s2)c1. The van der Waals surface area contributed by atoms with Gasteiger partial charge >= 0.3 is 0 Å². The molecular weight excluding hydrogens is 272 g/mol. The monoisotopic (exact) mass is 274 g/mol. The normalized spacial score (nSPS) is 10.3. The average molecular weight is 276 g/mol. The van der Waals surface area contributed by atoms with Crippen LogP contribution in [-0.2, 0) is 0 Å². The first kappa shape index (κ1) is 9.12. The van der Waals surface area contributed by atoms with E-state index < -0.39 is 0 Å². The molecule has 0 amide bonds. The van der Waals surface area contributed by atoms with E-state index in [4.69, 9.17) is 11.6 Å². The summed E-state index contributed by atoms with van der Waals surface area (Å²) < 4.78 is 1.07. The molecule has 0 saturated heterocycles. The zero-order chi connectivity index (χ0) is 9.26. The minimum atomic E-state index is 0.606. The van der Waals surface area contributed by atoms with Gasteiger partial charge in [-0.1, -0.05) is 11.6 Å². The van der Waals surface area contributed by atoms with Crippen molar-refractivity contribution in [2.45, 2.75) is 0 Å². The molecule has 2 heterocycles. The Morgan fingerprint density at radius 1 is 1.38 bits per heavy atom. The minimum Gasteiger partial charge on any atom is -0.157 e. The molecule has 2 aromatic rings. The van der Waals surface area contributed by atoms with Gasteiger partial charge in [0.15, 0.2) is 0 Å². The Labute approximate surface area is 92.7 Å². The molecule has 66 valence electrons. The lowest BCUT2D eigenvalue weighted by Gasteiger charge is -1.93. The summed E-state index contributed by atoms with van der Waals surface area (Å²) in [6, 6.07) is 5.75. The van der Waals surface area contributed by atoms with Crippen molar-refractivity contribution in [2.75, 3.05) is 0 Å². The number of halogens is 2. The van der Waals surface area contributed by atoms with Crippen molar-refractivity contribution >= 4 is 38.9 Å². The van der Waals surface area contributed by atoms with Crippen LogP contribution in [0.2, 0.25) is 5.02 Å². The van der Waals surface area contributed by atoms with Gasteiger partial charge in [-0.15, -0.1) is 16.4 Å². The van der Waals surface area contributed by atoms with Crippen LogP contribution in [-0.4, -0.2) is 10.2 Å². The Balaban J connectivity index is 2.46. The van der Waals surface area contributed by atoms with E-state index in [0.29, 0.717) is 5.02 Å². The number of thiophene rings is 1. The van der Waals surface area contributed by atoms with Gasteiger partial charge in [0.25, 0.3) is 0 Å². The fourth-order valence-electron chi connectivity index (χ4n) is 0.915. The van der Waals surface area contributed by atoms with Crippen LogP contribution < -0.4 is 0 Å². The summed E-state index contributed by atoms with van der Waals surface area (Å²) in [4.78, 5) is 1.06. The van der Waals surface area contributed by atoms with Gasteiger partial charge in [-0.05, 0) is 34.1 Å². The van der Waals surface area contributed by atoms with E-state index >= 15 is 0 Å². The van der Waals surface area contributed by atoms with Gasteiger partial charge in [0, 0.05) is 0 Å². The van der Waals surface area contributed by atoms with Gasteiger partial charge in [-0.2, -0.15) is 5.10 Å². The number of hydrogen-bond donors (Lipinski definition) is 0. The molecule has 5 heteroatoms. The summed E-state index contributed by atoms with van der Waals surface area (Å²) in [6.07, 6.45) is 1.52. The van der Waals surface area contributed by atoms with Crippen molar-refractivity contribution in [1.29, 1.82) is 0 Å². The molecule has 0 aliphatic heterocycles. The van der Waals surface area contributed by atoms with E-state index in [-0.39, 0.29) is 0 Å². The van der Waals surface area contributed by atoms with Crippen LogP contribution in [0.25, 0.3) is 10.6 Å². The van der Waals surface area contributed by atoms with Crippen LogP contribution in [0, 0.1) is 0 Å². The molecular formula is C8H4BrClN2S. The van der Waals surface area contributed by atoms with Gasteiger partial charge in [0.2, 0.25) is 0 Å². The second-order valence-corrected chi connectivity index (χ2v) is 5.26. The predicted octanol–water partition coefficient (Wildman–Crippen LogP) is 3.62. The topological polar surface area (TPSA) is 25.8 Å². The summed E-state index contributed by atoms with van der Waals surface area (Å²) in [5.74, 6) is 0. The van der Waals surface area contributed by atoms with E-state index in [9.17, 15) is 0 Å². The molecule has 0 radical (unpaired) electrons.